The molecule has 1 rings (SSSR count). The summed E-state index contributed by atoms with van der Waals surface area (Å²) in [7, 11) is -4.49. The highest BCUT2D eigenvalue weighted by molar-refractivity contribution is 9.10. The lowest BCUT2D eigenvalue weighted by Crippen LogP contribution is -1.92. The number of benzene rings is 1. The average molecular weight is 268 g/mol. The third-order valence-electron chi connectivity index (χ3n) is 1.19. The topological polar surface area (TPSA) is 92.8 Å². The second-order valence-corrected chi connectivity index (χ2v) is 4.28. The summed E-state index contributed by atoms with van der Waals surface area (Å²) in [6.45, 7) is 0. The van der Waals surface area contributed by atoms with Gasteiger partial charge in [-0.25, -0.2) is 4.57 Å². The molecule has 0 aliphatic carbocycles. The zero-order chi connectivity index (χ0) is 10.1. The number of nitrogen functional groups attached to an aromatic ring is 1. The molecule has 72 valence electrons. The molecule has 0 saturated carbocycles. The van der Waals surface area contributed by atoms with E-state index in [1.807, 2.05) is 0 Å². The van der Waals surface area contributed by atoms with Crippen molar-refractivity contribution in [1.82, 2.24) is 0 Å². The summed E-state index contributed by atoms with van der Waals surface area (Å²) in [5.74, 6) is 0.0361. The fourth-order valence-electron chi connectivity index (χ4n) is 0.716. The lowest BCUT2D eigenvalue weighted by Gasteiger charge is -2.07. The Labute approximate surface area is 82.9 Å². The number of nitrogens with two attached hydrogens (primary N) is 1. The highest BCUT2D eigenvalue weighted by Crippen LogP contribution is 2.38. The fourth-order valence-corrected chi connectivity index (χ4v) is 1.35. The zero-order valence-electron chi connectivity index (χ0n) is 6.35. The molecule has 1 aromatic carbocycles. The van der Waals surface area contributed by atoms with Gasteiger partial charge in [-0.2, -0.15) is 0 Å². The van der Waals surface area contributed by atoms with Gasteiger partial charge in [-0.05, 0) is 28.1 Å². The van der Waals surface area contributed by atoms with Crippen molar-refractivity contribution >= 4 is 29.4 Å². The Hall–Kier alpha value is -0.550. The molecule has 5 nitrogen and oxygen atoms in total. The molecule has 0 saturated heterocycles. The molecule has 0 radical (unpaired) electrons. The molecule has 0 atom stereocenters. The van der Waals surface area contributed by atoms with E-state index in [4.69, 9.17) is 15.5 Å². The Balaban J connectivity index is 2.92. The molecule has 0 fully saturated rings. The van der Waals surface area contributed by atoms with Gasteiger partial charge in [0.05, 0.1) is 0 Å². The monoisotopic (exact) mass is 267 g/mol. The predicted octanol–water partition coefficient (Wildman–Crippen LogP) is 1.50. The summed E-state index contributed by atoms with van der Waals surface area (Å²) in [4.78, 5) is 16.9. The number of hydrogen-bond acceptors (Lipinski definition) is 3. The number of phosphoric acid groups is 1. The van der Waals surface area contributed by atoms with Gasteiger partial charge in [-0.1, -0.05) is 0 Å². The third-order valence-corrected chi connectivity index (χ3v) is 2.36. The maximum atomic E-state index is 10.4. The molecule has 0 aromatic heterocycles. The highest BCUT2D eigenvalue weighted by atomic mass is 79.9. The first-order valence-electron chi connectivity index (χ1n) is 3.18. The lowest BCUT2D eigenvalue weighted by atomic mass is 10.3. The van der Waals surface area contributed by atoms with E-state index in [9.17, 15) is 4.57 Å². The van der Waals surface area contributed by atoms with Crippen LogP contribution in [0.25, 0.3) is 0 Å². The Kier molecular flexibility index (Phi) is 2.98. The summed E-state index contributed by atoms with van der Waals surface area (Å²) in [5, 5.41) is 0. The van der Waals surface area contributed by atoms with Gasteiger partial charge in [0.15, 0.2) is 0 Å². The minimum atomic E-state index is -4.49. The van der Waals surface area contributed by atoms with Gasteiger partial charge < -0.3 is 10.3 Å². The Morgan fingerprint density at radius 2 is 2.08 bits per heavy atom. The third kappa shape index (κ3) is 3.36. The molecule has 7 heteroatoms. The second kappa shape index (κ2) is 3.67. The van der Waals surface area contributed by atoms with E-state index in [0.717, 1.165) is 0 Å². The van der Waals surface area contributed by atoms with Crippen molar-refractivity contribution in [2.75, 3.05) is 5.73 Å². The van der Waals surface area contributed by atoms with Crippen molar-refractivity contribution < 1.29 is 18.9 Å². The van der Waals surface area contributed by atoms with Gasteiger partial charge in [0.1, 0.15) is 5.75 Å². The number of hydrogen-bond donors (Lipinski definition) is 3. The van der Waals surface area contributed by atoms with Crippen LogP contribution in [0.3, 0.4) is 0 Å². The molecule has 0 heterocycles. The number of phosphoric ester groups is 1. The molecular weight excluding hydrogens is 261 g/mol. The molecule has 0 amide bonds. The van der Waals surface area contributed by atoms with Crippen molar-refractivity contribution in [1.29, 1.82) is 0 Å². The minimum Gasteiger partial charge on any atom is -0.404 e. The van der Waals surface area contributed by atoms with Gasteiger partial charge in [0.25, 0.3) is 0 Å². The van der Waals surface area contributed by atoms with E-state index in [1.165, 1.54) is 12.1 Å². The van der Waals surface area contributed by atoms with Crippen LogP contribution in [-0.2, 0) is 4.57 Å². The van der Waals surface area contributed by atoms with Gasteiger partial charge in [0, 0.05) is 16.2 Å². The molecule has 1 aromatic rings. The lowest BCUT2D eigenvalue weighted by molar-refractivity contribution is 0.283. The van der Waals surface area contributed by atoms with Crippen molar-refractivity contribution in [3.63, 3.8) is 0 Å². The zero-order valence-corrected chi connectivity index (χ0v) is 8.83. The quantitative estimate of drug-likeness (QED) is 0.558. The normalized spacial score (nSPS) is 11.3. The summed E-state index contributed by atoms with van der Waals surface area (Å²) >= 11 is 3.13. The maximum Gasteiger partial charge on any atom is 0.524 e. The second-order valence-electron chi connectivity index (χ2n) is 2.27. The Morgan fingerprint density at radius 3 is 2.54 bits per heavy atom. The first-order valence-corrected chi connectivity index (χ1v) is 5.51. The van der Waals surface area contributed by atoms with E-state index in [1.54, 1.807) is 6.07 Å². The SMILES string of the molecule is Nc1cc(OP(=O)(O)O)ccc1Br. The van der Waals surface area contributed by atoms with Crippen molar-refractivity contribution in [3.8, 4) is 5.75 Å². The largest absolute Gasteiger partial charge is 0.524 e. The molecule has 0 spiro atoms. The van der Waals surface area contributed by atoms with Gasteiger partial charge >= 0.3 is 7.82 Å². The van der Waals surface area contributed by atoms with Crippen molar-refractivity contribution in [2.24, 2.45) is 0 Å². The van der Waals surface area contributed by atoms with Crippen LogP contribution in [0.15, 0.2) is 22.7 Å². The average Bonchev–Trinajstić information content (AvgIpc) is 1.94. The van der Waals surface area contributed by atoms with Crippen LogP contribution in [0.5, 0.6) is 5.75 Å². The van der Waals surface area contributed by atoms with E-state index >= 15 is 0 Å². The van der Waals surface area contributed by atoms with Gasteiger partial charge in [0.2, 0.25) is 0 Å². The van der Waals surface area contributed by atoms with Crippen LogP contribution >= 0.6 is 23.8 Å². The fraction of sp³-hybridized carbons (Fsp3) is 0. The Morgan fingerprint density at radius 1 is 1.46 bits per heavy atom. The molecule has 0 aliphatic rings. The van der Waals surface area contributed by atoms with Crippen LogP contribution in [0.4, 0.5) is 5.69 Å². The summed E-state index contributed by atoms with van der Waals surface area (Å²) in [6, 6.07) is 4.27. The molecule has 13 heavy (non-hydrogen) atoms. The van der Waals surface area contributed by atoms with Gasteiger partial charge in [-0.15, -0.1) is 0 Å². The molecule has 4 N–H and O–H groups in total. The highest BCUT2D eigenvalue weighted by Gasteiger charge is 2.15. The van der Waals surface area contributed by atoms with E-state index in [2.05, 4.69) is 20.5 Å². The first kappa shape index (κ1) is 10.5. The minimum absolute atomic E-state index is 0.0361. The van der Waals surface area contributed by atoms with Crippen molar-refractivity contribution in [2.45, 2.75) is 0 Å². The van der Waals surface area contributed by atoms with E-state index < -0.39 is 7.82 Å². The summed E-state index contributed by atoms with van der Waals surface area (Å²) in [6.07, 6.45) is 0. The molecule has 0 aliphatic heterocycles. The number of rotatable bonds is 2. The van der Waals surface area contributed by atoms with E-state index in [-0.39, 0.29) is 5.75 Å². The molecular formula is C6H7BrNO4P. The van der Waals surface area contributed by atoms with Gasteiger partial charge in [-0.3, -0.25) is 9.79 Å². The smallest absolute Gasteiger partial charge is 0.404 e. The maximum absolute atomic E-state index is 10.4. The standard InChI is InChI=1S/C6H7BrNO4P/c7-5-2-1-4(3-6(5)8)12-13(9,10)11/h1-3H,8H2,(H2,9,10,11). The van der Waals surface area contributed by atoms with Crippen LogP contribution in [0.1, 0.15) is 0 Å². The van der Waals surface area contributed by atoms with Crippen LogP contribution in [0, 0.1) is 0 Å². The van der Waals surface area contributed by atoms with Crippen LogP contribution < -0.4 is 10.3 Å². The summed E-state index contributed by atoms with van der Waals surface area (Å²) in [5.41, 5.74) is 5.81. The first-order chi connectivity index (χ1) is 5.88. The predicted molar refractivity (Wildman–Crippen MR) is 51.2 cm³/mol. The summed E-state index contributed by atoms with van der Waals surface area (Å²) < 4.78 is 15.4. The van der Waals surface area contributed by atoms with E-state index in [0.29, 0.717) is 10.2 Å². The van der Waals surface area contributed by atoms with Crippen molar-refractivity contribution in [3.05, 3.63) is 22.7 Å². The Bertz CT molecular complexity index is 364. The molecule has 0 unspecified atom stereocenters. The van der Waals surface area contributed by atoms with Crippen LogP contribution in [0.2, 0.25) is 0 Å². The molecule has 0 bridgehead atoms. The van der Waals surface area contributed by atoms with Crippen LogP contribution in [-0.4, -0.2) is 9.79 Å². The number of halogens is 1. The number of anilines is 1.